The van der Waals surface area contributed by atoms with E-state index in [-0.39, 0.29) is 6.09 Å². The topological polar surface area (TPSA) is 50.8 Å². The van der Waals surface area contributed by atoms with E-state index in [9.17, 15) is 4.79 Å². The van der Waals surface area contributed by atoms with E-state index in [0.29, 0.717) is 31.7 Å². The molecule has 2 aliphatic rings. The predicted octanol–water partition coefficient (Wildman–Crippen LogP) is -0.0219. The van der Waals surface area contributed by atoms with E-state index in [2.05, 4.69) is 5.48 Å². The van der Waals surface area contributed by atoms with Crippen molar-refractivity contribution in [3.05, 3.63) is 0 Å². The van der Waals surface area contributed by atoms with Gasteiger partial charge in [-0.3, -0.25) is 0 Å². The summed E-state index contributed by atoms with van der Waals surface area (Å²) in [6.45, 7) is 4.39. The third-order valence-corrected chi connectivity index (χ3v) is 2.50. The fourth-order valence-electron chi connectivity index (χ4n) is 1.80. The molecule has 1 amide bonds. The number of nitrogens with one attached hydrogen (secondary N) is 1. The minimum Gasteiger partial charge on any atom is -0.450 e. The van der Waals surface area contributed by atoms with Gasteiger partial charge in [0.15, 0.2) is 0 Å². The largest absolute Gasteiger partial charge is 0.450 e. The lowest BCUT2D eigenvalue weighted by Gasteiger charge is -2.15. The smallest absolute Gasteiger partial charge is 0.409 e. The normalized spacial score (nSPS) is 31.9. The van der Waals surface area contributed by atoms with E-state index in [4.69, 9.17) is 9.57 Å². The fraction of sp³-hybridized carbons (Fsp3) is 0.875. The van der Waals surface area contributed by atoms with Crippen molar-refractivity contribution in [2.45, 2.75) is 13.0 Å². The molecule has 2 saturated heterocycles. The van der Waals surface area contributed by atoms with Crippen molar-refractivity contribution in [1.29, 1.82) is 0 Å². The van der Waals surface area contributed by atoms with Gasteiger partial charge in [0.1, 0.15) is 0 Å². The number of nitrogens with zero attached hydrogens (tertiary/aromatic N) is 1. The summed E-state index contributed by atoms with van der Waals surface area (Å²) in [6, 6.07) is 0.296. The summed E-state index contributed by atoms with van der Waals surface area (Å²) in [5.74, 6) is 0.435. The SMILES string of the molecule is CCOC(=O)N1CC2CONC2C1. The maximum absolute atomic E-state index is 11.3. The molecule has 0 spiro atoms. The van der Waals surface area contributed by atoms with Crippen LogP contribution >= 0.6 is 0 Å². The monoisotopic (exact) mass is 186 g/mol. The average Bonchev–Trinajstić information content (AvgIpc) is 2.61. The van der Waals surface area contributed by atoms with Gasteiger partial charge in [-0.15, -0.1) is 0 Å². The van der Waals surface area contributed by atoms with Gasteiger partial charge in [-0.1, -0.05) is 0 Å². The van der Waals surface area contributed by atoms with Crippen molar-refractivity contribution in [3.8, 4) is 0 Å². The molecule has 2 aliphatic heterocycles. The molecule has 74 valence electrons. The molecule has 0 aliphatic carbocycles. The van der Waals surface area contributed by atoms with Crippen molar-refractivity contribution < 1.29 is 14.4 Å². The minimum absolute atomic E-state index is 0.210. The number of carbonyl (C=O) groups is 1. The maximum Gasteiger partial charge on any atom is 0.409 e. The summed E-state index contributed by atoms with van der Waals surface area (Å²) in [5, 5.41) is 0. The minimum atomic E-state index is -0.210. The molecular weight excluding hydrogens is 172 g/mol. The van der Waals surface area contributed by atoms with Crippen molar-refractivity contribution >= 4 is 6.09 Å². The van der Waals surface area contributed by atoms with E-state index in [1.165, 1.54) is 0 Å². The van der Waals surface area contributed by atoms with Gasteiger partial charge in [0.25, 0.3) is 0 Å². The zero-order valence-corrected chi connectivity index (χ0v) is 7.66. The molecule has 13 heavy (non-hydrogen) atoms. The lowest BCUT2D eigenvalue weighted by molar-refractivity contribution is 0.0654. The zero-order chi connectivity index (χ0) is 9.26. The van der Waals surface area contributed by atoms with Gasteiger partial charge < -0.3 is 14.5 Å². The number of ether oxygens (including phenoxy) is 1. The molecule has 1 N–H and O–H groups in total. The van der Waals surface area contributed by atoms with Crippen LogP contribution in [-0.2, 0) is 9.57 Å². The van der Waals surface area contributed by atoms with Crippen LogP contribution in [0.5, 0.6) is 0 Å². The summed E-state index contributed by atoms with van der Waals surface area (Å²) >= 11 is 0. The van der Waals surface area contributed by atoms with E-state index in [1.54, 1.807) is 4.90 Å². The molecule has 0 bridgehead atoms. The van der Waals surface area contributed by atoms with Crippen LogP contribution in [0.25, 0.3) is 0 Å². The van der Waals surface area contributed by atoms with Crippen LogP contribution in [0.4, 0.5) is 4.79 Å². The van der Waals surface area contributed by atoms with E-state index in [1.807, 2.05) is 6.92 Å². The predicted molar refractivity (Wildman–Crippen MR) is 45.0 cm³/mol. The van der Waals surface area contributed by atoms with Gasteiger partial charge in [0.05, 0.1) is 19.3 Å². The summed E-state index contributed by atoms with van der Waals surface area (Å²) < 4.78 is 4.91. The second-order valence-electron chi connectivity index (χ2n) is 3.40. The number of rotatable bonds is 1. The van der Waals surface area contributed by atoms with Crippen molar-refractivity contribution in [2.75, 3.05) is 26.3 Å². The first-order chi connectivity index (χ1) is 6.31. The van der Waals surface area contributed by atoms with Crippen LogP contribution in [0, 0.1) is 5.92 Å². The lowest BCUT2D eigenvalue weighted by atomic mass is 10.1. The van der Waals surface area contributed by atoms with Crippen LogP contribution in [0.3, 0.4) is 0 Å². The van der Waals surface area contributed by atoms with Gasteiger partial charge in [-0.25, -0.2) is 4.79 Å². The lowest BCUT2D eigenvalue weighted by Crippen LogP contribution is -2.33. The second-order valence-corrected chi connectivity index (χ2v) is 3.40. The Hall–Kier alpha value is -0.810. The number of carbonyl (C=O) groups excluding carboxylic acids is 1. The summed E-state index contributed by atoms with van der Waals surface area (Å²) in [7, 11) is 0. The van der Waals surface area contributed by atoms with E-state index >= 15 is 0 Å². The molecule has 5 heteroatoms. The van der Waals surface area contributed by atoms with Gasteiger partial charge in [-0.2, -0.15) is 5.48 Å². The van der Waals surface area contributed by atoms with Crippen molar-refractivity contribution in [1.82, 2.24) is 10.4 Å². The van der Waals surface area contributed by atoms with Gasteiger partial charge in [0, 0.05) is 19.0 Å². The number of hydrogen-bond donors (Lipinski definition) is 1. The van der Waals surface area contributed by atoms with Crippen LogP contribution in [0.1, 0.15) is 6.92 Å². The Bertz CT molecular complexity index is 198. The van der Waals surface area contributed by atoms with E-state index < -0.39 is 0 Å². The Morgan fingerprint density at radius 3 is 3.23 bits per heavy atom. The van der Waals surface area contributed by atoms with Gasteiger partial charge in [0.2, 0.25) is 0 Å². The van der Waals surface area contributed by atoms with Crippen LogP contribution in [0.15, 0.2) is 0 Å². The van der Waals surface area contributed by atoms with Crippen molar-refractivity contribution in [3.63, 3.8) is 0 Å². The highest BCUT2D eigenvalue weighted by Crippen LogP contribution is 2.21. The molecular formula is C8H14N2O3. The van der Waals surface area contributed by atoms with Crippen molar-refractivity contribution in [2.24, 2.45) is 5.92 Å². The number of hydrogen-bond acceptors (Lipinski definition) is 4. The number of amides is 1. The number of fused-ring (bicyclic) bond motifs is 1. The molecule has 0 aromatic rings. The molecule has 5 nitrogen and oxygen atoms in total. The first-order valence-electron chi connectivity index (χ1n) is 4.60. The Labute approximate surface area is 76.9 Å². The summed E-state index contributed by atoms with van der Waals surface area (Å²) in [5.41, 5.74) is 2.90. The fourth-order valence-corrected chi connectivity index (χ4v) is 1.80. The Morgan fingerprint density at radius 2 is 2.54 bits per heavy atom. The first kappa shape index (κ1) is 8.77. The molecule has 0 radical (unpaired) electrons. The molecule has 0 aromatic heterocycles. The number of hydroxylamine groups is 1. The first-order valence-corrected chi connectivity index (χ1v) is 4.60. The van der Waals surface area contributed by atoms with E-state index in [0.717, 1.165) is 6.54 Å². The Morgan fingerprint density at radius 1 is 1.69 bits per heavy atom. The molecule has 2 heterocycles. The maximum atomic E-state index is 11.3. The molecule has 0 saturated carbocycles. The third-order valence-electron chi connectivity index (χ3n) is 2.50. The second kappa shape index (κ2) is 3.51. The van der Waals surface area contributed by atoms with Crippen LogP contribution < -0.4 is 5.48 Å². The molecule has 0 aromatic carbocycles. The molecule has 2 fully saturated rings. The Kier molecular flexibility index (Phi) is 2.37. The summed E-state index contributed by atoms with van der Waals surface area (Å²) in [4.78, 5) is 18.1. The standard InChI is InChI=1S/C8H14N2O3/c1-2-12-8(11)10-3-6-5-13-9-7(6)4-10/h6-7,9H,2-5H2,1H3. The molecule has 2 unspecified atom stereocenters. The average molecular weight is 186 g/mol. The number of likely N-dealkylation sites (tertiary alicyclic amines) is 1. The highest BCUT2D eigenvalue weighted by molar-refractivity contribution is 5.68. The van der Waals surface area contributed by atoms with Crippen LogP contribution in [0.2, 0.25) is 0 Å². The highest BCUT2D eigenvalue weighted by atomic mass is 16.7. The van der Waals surface area contributed by atoms with Crippen LogP contribution in [-0.4, -0.2) is 43.3 Å². The summed E-state index contributed by atoms with van der Waals surface area (Å²) in [6.07, 6.45) is -0.210. The third kappa shape index (κ3) is 1.62. The zero-order valence-electron chi connectivity index (χ0n) is 7.66. The van der Waals surface area contributed by atoms with Gasteiger partial charge in [-0.05, 0) is 6.92 Å². The quantitative estimate of drug-likeness (QED) is 0.625. The molecule has 2 atom stereocenters. The highest BCUT2D eigenvalue weighted by Gasteiger charge is 2.39. The Balaban J connectivity index is 1.87. The van der Waals surface area contributed by atoms with Gasteiger partial charge >= 0.3 is 6.09 Å². The molecule has 2 rings (SSSR count).